The predicted octanol–water partition coefficient (Wildman–Crippen LogP) is 4.13. The van der Waals surface area contributed by atoms with Crippen LogP contribution >= 0.6 is 0 Å². The number of nitrogens with one attached hydrogen (secondary N) is 2. The summed E-state index contributed by atoms with van der Waals surface area (Å²) >= 11 is 0. The second-order valence-corrected chi connectivity index (χ2v) is 4.52. The fourth-order valence-electron chi connectivity index (χ4n) is 1.94. The Kier molecular flexibility index (Phi) is 3.02. The van der Waals surface area contributed by atoms with Crippen LogP contribution in [0.4, 0.5) is 11.5 Å². The van der Waals surface area contributed by atoms with Crippen LogP contribution in [0.25, 0.3) is 11.3 Å². The minimum Gasteiger partial charge on any atom is -0.339 e. The van der Waals surface area contributed by atoms with E-state index >= 15 is 0 Å². The number of aromatic nitrogens is 2. The number of nitrogens with zero attached hydrogens (tertiary/aromatic N) is 1. The molecule has 1 aromatic heterocycles. The van der Waals surface area contributed by atoms with Crippen LogP contribution in [0.1, 0.15) is 5.56 Å². The normalized spacial score (nSPS) is 10.4. The zero-order chi connectivity index (χ0) is 13.1. The van der Waals surface area contributed by atoms with Gasteiger partial charge in [0.05, 0.1) is 5.69 Å². The number of H-pyrrole nitrogens is 1. The van der Waals surface area contributed by atoms with E-state index in [1.807, 2.05) is 36.4 Å². The number of anilines is 2. The Morgan fingerprint density at radius 2 is 1.68 bits per heavy atom. The van der Waals surface area contributed by atoms with E-state index in [0.717, 1.165) is 22.8 Å². The quantitative estimate of drug-likeness (QED) is 0.732. The maximum Gasteiger partial charge on any atom is 0.152 e. The summed E-state index contributed by atoms with van der Waals surface area (Å²) in [6.45, 7) is 2.08. The molecule has 3 rings (SSSR count). The first-order valence-electron chi connectivity index (χ1n) is 6.26. The third-order valence-corrected chi connectivity index (χ3v) is 2.99. The number of para-hydroxylation sites is 1. The molecule has 0 atom stereocenters. The van der Waals surface area contributed by atoms with Gasteiger partial charge in [0.15, 0.2) is 5.82 Å². The van der Waals surface area contributed by atoms with Gasteiger partial charge < -0.3 is 5.32 Å². The zero-order valence-electron chi connectivity index (χ0n) is 10.7. The van der Waals surface area contributed by atoms with Crippen molar-refractivity contribution in [3.8, 4) is 11.3 Å². The minimum atomic E-state index is 0.821. The van der Waals surface area contributed by atoms with Crippen LogP contribution in [0.3, 0.4) is 0 Å². The molecule has 3 heteroatoms. The summed E-state index contributed by atoms with van der Waals surface area (Å²) in [6, 6.07) is 20.4. The van der Waals surface area contributed by atoms with Crippen molar-refractivity contribution in [3.05, 3.63) is 66.2 Å². The SMILES string of the molecule is Cc1ccc(-c2cc(Nc3ccccc3)n[nH]2)cc1. The average molecular weight is 249 g/mol. The van der Waals surface area contributed by atoms with E-state index in [1.165, 1.54) is 5.56 Å². The molecule has 0 unspecified atom stereocenters. The lowest BCUT2D eigenvalue weighted by Gasteiger charge is -2.00. The fourth-order valence-corrected chi connectivity index (χ4v) is 1.94. The molecule has 0 amide bonds. The van der Waals surface area contributed by atoms with Gasteiger partial charge in [-0.05, 0) is 24.6 Å². The highest BCUT2D eigenvalue weighted by atomic mass is 15.2. The summed E-state index contributed by atoms with van der Waals surface area (Å²) in [5.41, 5.74) is 4.44. The highest BCUT2D eigenvalue weighted by Gasteiger charge is 2.03. The first kappa shape index (κ1) is 11.5. The molecule has 2 aromatic carbocycles. The van der Waals surface area contributed by atoms with Crippen molar-refractivity contribution in [1.82, 2.24) is 10.2 Å². The van der Waals surface area contributed by atoms with Gasteiger partial charge in [-0.25, -0.2) is 0 Å². The van der Waals surface area contributed by atoms with Crippen molar-refractivity contribution < 1.29 is 0 Å². The number of aromatic amines is 1. The first-order valence-corrected chi connectivity index (χ1v) is 6.26. The van der Waals surface area contributed by atoms with Gasteiger partial charge in [0.1, 0.15) is 0 Å². The Morgan fingerprint density at radius 3 is 2.42 bits per heavy atom. The molecular formula is C16H15N3. The second kappa shape index (κ2) is 4.98. The second-order valence-electron chi connectivity index (χ2n) is 4.52. The number of hydrogen-bond acceptors (Lipinski definition) is 2. The Morgan fingerprint density at radius 1 is 0.947 bits per heavy atom. The molecule has 0 aliphatic rings. The molecule has 0 aliphatic heterocycles. The molecular weight excluding hydrogens is 234 g/mol. The van der Waals surface area contributed by atoms with E-state index in [9.17, 15) is 0 Å². The standard InChI is InChI=1S/C16H15N3/c1-12-7-9-13(10-8-12)15-11-16(19-18-15)17-14-5-3-2-4-6-14/h2-11H,1H3,(H2,17,18,19). The van der Waals surface area contributed by atoms with E-state index in [4.69, 9.17) is 0 Å². The molecule has 1 heterocycles. The van der Waals surface area contributed by atoms with Crippen LogP contribution in [-0.2, 0) is 0 Å². The molecule has 0 fully saturated rings. The molecule has 0 saturated carbocycles. The first-order chi connectivity index (χ1) is 9.31. The topological polar surface area (TPSA) is 40.7 Å². The minimum absolute atomic E-state index is 0.821. The van der Waals surface area contributed by atoms with Gasteiger partial charge in [-0.2, -0.15) is 5.10 Å². The van der Waals surface area contributed by atoms with Crippen LogP contribution in [0, 0.1) is 6.92 Å². The number of benzene rings is 2. The molecule has 3 aromatic rings. The Hall–Kier alpha value is -2.55. The van der Waals surface area contributed by atoms with E-state index < -0.39 is 0 Å². The number of aryl methyl sites for hydroxylation is 1. The predicted molar refractivity (Wildman–Crippen MR) is 78.5 cm³/mol. The van der Waals surface area contributed by atoms with Crippen molar-refractivity contribution in [2.24, 2.45) is 0 Å². The van der Waals surface area contributed by atoms with E-state index in [2.05, 4.69) is 46.7 Å². The highest BCUT2D eigenvalue weighted by Crippen LogP contribution is 2.22. The maximum absolute atomic E-state index is 4.27. The van der Waals surface area contributed by atoms with E-state index in [-0.39, 0.29) is 0 Å². The van der Waals surface area contributed by atoms with Gasteiger partial charge in [-0.15, -0.1) is 0 Å². The smallest absolute Gasteiger partial charge is 0.152 e. The van der Waals surface area contributed by atoms with Gasteiger partial charge in [0.25, 0.3) is 0 Å². The largest absolute Gasteiger partial charge is 0.339 e. The van der Waals surface area contributed by atoms with Gasteiger partial charge in [-0.3, -0.25) is 5.10 Å². The van der Waals surface area contributed by atoms with Gasteiger partial charge >= 0.3 is 0 Å². The summed E-state index contributed by atoms with van der Waals surface area (Å²) in [5, 5.41) is 10.6. The molecule has 0 bridgehead atoms. The fraction of sp³-hybridized carbons (Fsp3) is 0.0625. The summed E-state index contributed by atoms with van der Waals surface area (Å²) in [7, 11) is 0. The summed E-state index contributed by atoms with van der Waals surface area (Å²) in [6.07, 6.45) is 0. The number of rotatable bonds is 3. The lowest BCUT2D eigenvalue weighted by Crippen LogP contribution is -1.88. The molecule has 0 radical (unpaired) electrons. The molecule has 19 heavy (non-hydrogen) atoms. The molecule has 94 valence electrons. The molecule has 0 aliphatic carbocycles. The Bertz CT molecular complexity index is 654. The van der Waals surface area contributed by atoms with Crippen LogP contribution in [0.2, 0.25) is 0 Å². The third kappa shape index (κ3) is 2.65. The van der Waals surface area contributed by atoms with Crippen LogP contribution in [0.15, 0.2) is 60.7 Å². The zero-order valence-corrected chi connectivity index (χ0v) is 10.7. The van der Waals surface area contributed by atoms with E-state index in [0.29, 0.717) is 0 Å². The highest BCUT2D eigenvalue weighted by molar-refractivity contribution is 5.66. The summed E-state index contributed by atoms with van der Waals surface area (Å²) < 4.78 is 0. The van der Waals surface area contributed by atoms with Crippen molar-refractivity contribution in [2.45, 2.75) is 6.92 Å². The van der Waals surface area contributed by atoms with Gasteiger partial charge in [0.2, 0.25) is 0 Å². The molecule has 0 spiro atoms. The lowest BCUT2D eigenvalue weighted by atomic mass is 10.1. The van der Waals surface area contributed by atoms with Crippen molar-refractivity contribution in [3.63, 3.8) is 0 Å². The summed E-state index contributed by atoms with van der Waals surface area (Å²) in [5.74, 6) is 0.821. The average Bonchev–Trinajstić information content (AvgIpc) is 2.89. The molecule has 0 saturated heterocycles. The molecule has 3 nitrogen and oxygen atoms in total. The van der Waals surface area contributed by atoms with Gasteiger partial charge in [-0.1, -0.05) is 48.0 Å². The lowest BCUT2D eigenvalue weighted by molar-refractivity contribution is 1.10. The summed E-state index contributed by atoms with van der Waals surface area (Å²) in [4.78, 5) is 0. The Labute approximate surface area is 112 Å². The maximum atomic E-state index is 4.27. The van der Waals surface area contributed by atoms with Crippen LogP contribution in [-0.4, -0.2) is 10.2 Å². The third-order valence-electron chi connectivity index (χ3n) is 2.99. The molecule has 2 N–H and O–H groups in total. The van der Waals surface area contributed by atoms with Crippen molar-refractivity contribution >= 4 is 11.5 Å². The Balaban J connectivity index is 1.82. The van der Waals surface area contributed by atoms with Gasteiger partial charge in [0, 0.05) is 11.8 Å². The monoisotopic (exact) mass is 249 g/mol. The van der Waals surface area contributed by atoms with Crippen molar-refractivity contribution in [2.75, 3.05) is 5.32 Å². The van der Waals surface area contributed by atoms with Crippen LogP contribution < -0.4 is 5.32 Å². The van der Waals surface area contributed by atoms with E-state index in [1.54, 1.807) is 0 Å². The van der Waals surface area contributed by atoms with Crippen molar-refractivity contribution in [1.29, 1.82) is 0 Å². The number of hydrogen-bond donors (Lipinski definition) is 2. The van der Waals surface area contributed by atoms with Crippen LogP contribution in [0.5, 0.6) is 0 Å².